The van der Waals surface area contributed by atoms with Crippen molar-refractivity contribution in [2.24, 2.45) is 5.92 Å². The fourth-order valence-corrected chi connectivity index (χ4v) is 2.69. The monoisotopic (exact) mass is 290 g/mol. The van der Waals surface area contributed by atoms with E-state index in [1.807, 2.05) is 0 Å². The van der Waals surface area contributed by atoms with Crippen LogP contribution in [0.1, 0.15) is 56.8 Å². The van der Waals surface area contributed by atoms with E-state index in [4.69, 9.17) is 0 Å². The molecule has 2 nitrogen and oxygen atoms in total. The molecule has 0 aliphatic carbocycles. The third-order valence-electron chi connectivity index (χ3n) is 4.58. The average molecular weight is 290 g/mol. The van der Waals surface area contributed by atoms with Crippen molar-refractivity contribution in [1.29, 1.82) is 0 Å². The van der Waals surface area contributed by atoms with Crippen molar-refractivity contribution >= 4 is 0 Å². The molecular weight excluding hydrogens is 256 g/mol. The highest BCUT2D eigenvalue weighted by Crippen LogP contribution is 2.22. The molecule has 0 aliphatic heterocycles. The van der Waals surface area contributed by atoms with Gasteiger partial charge < -0.3 is 10.2 Å². The average Bonchev–Trinajstić information content (AvgIpc) is 2.44. The molecule has 1 rings (SSSR count). The normalized spacial score (nSPS) is 14.7. The Balaban J connectivity index is 2.92. The highest BCUT2D eigenvalue weighted by molar-refractivity contribution is 5.33. The smallest absolute Gasteiger partial charge is 0.0452 e. The summed E-state index contributed by atoms with van der Waals surface area (Å²) < 4.78 is 0. The molecule has 2 atom stereocenters. The Bertz CT molecular complexity index is 426. The van der Waals surface area contributed by atoms with Gasteiger partial charge in [-0.1, -0.05) is 44.5 Å². The Morgan fingerprint density at radius 2 is 1.81 bits per heavy atom. The van der Waals surface area contributed by atoms with Gasteiger partial charge in [0.05, 0.1) is 0 Å². The molecule has 0 amide bonds. The van der Waals surface area contributed by atoms with Crippen LogP contribution in [0.15, 0.2) is 18.2 Å². The van der Waals surface area contributed by atoms with Crippen molar-refractivity contribution in [2.75, 3.05) is 20.1 Å². The van der Waals surface area contributed by atoms with Crippen molar-refractivity contribution in [3.8, 4) is 0 Å². The fraction of sp³-hybridized carbons (Fsp3) is 0.684. The SMILES string of the molecule is CCCNC(CN(C)C(C)C(C)C)c1cc(C)ccc1C. The van der Waals surface area contributed by atoms with Gasteiger partial charge in [0, 0.05) is 18.6 Å². The van der Waals surface area contributed by atoms with Gasteiger partial charge in [-0.25, -0.2) is 0 Å². The Hall–Kier alpha value is -0.860. The lowest BCUT2D eigenvalue weighted by atomic mass is 9.97. The molecule has 0 aliphatic rings. The van der Waals surface area contributed by atoms with Crippen LogP contribution in [0.4, 0.5) is 0 Å². The second-order valence-corrected chi connectivity index (χ2v) is 6.79. The molecule has 0 heterocycles. The summed E-state index contributed by atoms with van der Waals surface area (Å²) in [5.41, 5.74) is 4.18. The maximum Gasteiger partial charge on any atom is 0.0452 e. The summed E-state index contributed by atoms with van der Waals surface area (Å²) in [7, 11) is 2.25. The summed E-state index contributed by atoms with van der Waals surface area (Å²) >= 11 is 0. The van der Waals surface area contributed by atoms with Gasteiger partial charge in [-0.05, 0) is 57.8 Å². The largest absolute Gasteiger partial charge is 0.309 e. The van der Waals surface area contributed by atoms with E-state index in [-0.39, 0.29) is 0 Å². The predicted molar refractivity (Wildman–Crippen MR) is 93.9 cm³/mol. The van der Waals surface area contributed by atoms with E-state index < -0.39 is 0 Å². The third-order valence-corrected chi connectivity index (χ3v) is 4.58. The first-order chi connectivity index (χ1) is 9.86. The van der Waals surface area contributed by atoms with Crippen LogP contribution in [0.2, 0.25) is 0 Å². The fourth-order valence-electron chi connectivity index (χ4n) is 2.69. The quantitative estimate of drug-likeness (QED) is 0.767. The van der Waals surface area contributed by atoms with Gasteiger partial charge in [-0.3, -0.25) is 0 Å². The Labute approximate surface area is 131 Å². The predicted octanol–water partition coefficient (Wildman–Crippen LogP) is 4.32. The van der Waals surface area contributed by atoms with E-state index in [0.29, 0.717) is 18.0 Å². The lowest BCUT2D eigenvalue weighted by Gasteiger charge is -2.32. The maximum absolute atomic E-state index is 3.74. The first kappa shape index (κ1) is 18.2. The van der Waals surface area contributed by atoms with Crippen molar-refractivity contribution in [3.63, 3.8) is 0 Å². The minimum absolute atomic E-state index is 0.413. The van der Waals surface area contributed by atoms with Crippen molar-refractivity contribution < 1.29 is 0 Å². The van der Waals surface area contributed by atoms with Crippen molar-refractivity contribution in [2.45, 2.75) is 60.0 Å². The van der Waals surface area contributed by atoms with Gasteiger partial charge in [-0.15, -0.1) is 0 Å². The van der Waals surface area contributed by atoms with Crippen LogP contribution >= 0.6 is 0 Å². The lowest BCUT2D eigenvalue weighted by molar-refractivity contribution is 0.188. The van der Waals surface area contributed by atoms with Crippen LogP contribution in [0.25, 0.3) is 0 Å². The van der Waals surface area contributed by atoms with E-state index >= 15 is 0 Å². The van der Waals surface area contributed by atoms with E-state index in [1.165, 1.54) is 23.1 Å². The molecule has 0 spiro atoms. The number of likely N-dealkylation sites (N-methyl/N-ethyl adjacent to an activating group) is 1. The molecular formula is C19H34N2. The molecule has 0 radical (unpaired) electrons. The van der Waals surface area contributed by atoms with Crippen LogP contribution in [0.5, 0.6) is 0 Å². The van der Waals surface area contributed by atoms with Gasteiger partial charge >= 0.3 is 0 Å². The number of benzene rings is 1. The molecule has 21 heavy (non-hydrogen) atoms. The zero-order valence-corrected chi connectivity index (χ0v) is 15.0. The van der Waals surface area contributed by atoms with Gasteiger partial charge in [0.1, 0.15) is 0 Å². The number of hydrogen-bond acceptors (Lipinski definition) is 2. The van der Waals surface area contributed by atoms with Gasteiger partial charge in [0.25, 0.3) is 0 Å². The standard InChI is InChI=1S/C19H34N2/c1-8-11-20-19(13-21(7)17(6)14(2)3)18-12-15(4)9-10-16(18)5/h9-10,12,14,17,19-20H,8,11,13H2,1-7H3. The molecule has 1 aromatic carbocycles. The molecule has 2 heteroatoms. The summed E-state index contributed by atoms with van der Waals surface area (Å²) in [6.45, 7) is 15.7. The Kier molecular flexibility index (Phi) is 7.41. The summed E-state index contributed by atoms with van der Waals surface area (Å²) in [5.74, 6) is 0.681. The molecule has 0 aromatic heterocycles. The molecule has 1 aromatic rings. The van der Waals surface area contributed by atoms with Crippen LogP contribution in [0, 0.1) is 19.8 Å². The van der Waals surface area contributed by atoms with E-state index in [0.717, 1.165) is 13.1 Å². The number of nitrogens with zero attached hydrogens (tertiary/aromatic N) is 1. The molecule has 2 unspecified atom stereocenters. The van der Waals surface area contributed by atoms with Crippen molar-refractivity contribution in [3.05, 3.63) is 34.9 Å². The molecule has 0 bridgehead atoms. The van der Waals surface area contributed by atoms with Crippen LogP contribution in [0.3, 0.4) is 0 Å². The molecule has 1 N–H and O–H groups in total. The molecule has 0 fully saturated rings. The van der Waals surface area contributed by atoms with E-state index in [1.54, 1.807) is 0 Å². The summed E-state index contributed by atoms with van der Waals surface area (Å²) in [5, 5.41) is 3.74. The number of aryl methyl sites for hydroxylation is 2. The lowest BCUT2D eigenvalue weighted by Crippen LogP contribution is -2.40. The molecule has 120 valence electrons. The first-order valence-electron chi connectivity index (χ1n) is 8.37. The topological polar surface area (TPSA) is 15.3 Å². The number of hydrogen-bond donors (Lipinski definition) is 1. The van der Waals surface area contributed by atoms with Gasteiger partial charge in [-0.2, -0.15) is 0 Å². The second-order valence-electron chi connectivity index (χ2n) is 6.79. The maximum atomic E-state index is 3.74. The zero-order chi connectivity index (χ0) is 16.0. The molecule has 0 saturated heterocycles. The zero-order valence-electron chi connectivity index (χ0n) is 15.0. The summed E-state index contributed by atoms with van der Waals surface area (Å²) in [4.78, 5) is 2.49. The third kappa shape index (κ3) is 5.44. The van der Waals surface area contributed by atoms with Gasteiger partial charge in [0.15, 0.2) is 0 Å². The summed E-state index contributed by atoms with van der Waals surface area (Å²) in [6.07, 6.45) is 1.17. The van der Waals surface area contributed by atoms with E-state index in [9.17, 15) is 0 Å². The van der Waals surface area contributed by atoms with Crippen LogP contribution < -0.4 is 5.32 Å². The number of nitrogens with one attached hydrogen (secondary N) is 1. The first-order valence-corrected chi connectivity index (χ1v) is 8.37. The second kappa shape index (κ2) is 8.55. The minimum Gasteiger partial charge on any atom is -0.309 e. The Morgan fingerprint density at radius 3 is 2.38 bits per heavy atom. The highest BCUT2D eigenvalue weighted by Gasteiger charge is 2.20. The van der Waals surface area contributed by atoms with Crippen molar-refractivity contribution in [1.82, 2.24) is 10.2 Å². The van der Waals surface area contributed by atoms with E-state index in [2.05, 4.69) is 77.0 Å². The highest BCUT2D eigenvalue weighted by atomic mass is 15.2. The Morgan fingerprint density at radius 1 is 1.14 bits per heavy atom. The number of rotatable bonds is 8. The summed E-state index contributed by atoms with van der Waals surface area (Å²) in [6, 6.07) is 7.81. The van der Waals surface area contributed by atoms with Crippen LogP contribution in [-0.4, -0.2) is 31.1 Å². The molecule has 0 saturated carbocycles. The minimum atomic E-state index is 0.413. The van der Waals surface area contributed by atoms with Gasteiger partial charge in [0.2, 0.25) is 0 Å². The van der Waals surface area contributed by atoms with Crippen LogP contribution in [-0.2, 0) is 0 Å².